The molecule has 0 radical (unpaired) electrons. The first-order chi connectivity index (χ1) is 11.5. The van der Waals surface area contributed by atoms with Crippen LogP contribution in [0.15, 0.2) is 47.1 Å². The summed E-state index contributed by atoms with van der Waals surface area (Å²) < 4.78 is 33.4. The Labute approximate surface area is 145 Å². The highest BCUT2D eigenvalue weighted by atomic mass is 79.9. The Kier molecular flexibility index (Phi) is 4.84. The molecule has 0 fully saturated rings. The fourth-order valence-corrected chi connectivity index (χ4v) is 2.34. The molecule has 0 spiro atoms. The van der Waals surface area contributed by atoms with Gasteiger partial charge in [-0.1, -0.05) is 17.3 Å². The van der Waals surface area contributed by atoms with Crippen LogP contribution in [0.1, 0.15) is 23.4 Å². The zero-order valence-electron chi connectivity index (χ0n) is 12.7. The van der Waals surface area contributed by atoms with Gasteiger partial charge in [-0.3, -0.25) is 0 Å². The van der Waals surface area contributed by atoms with Crippen molar-refractivity contribution in [2.75, 3.05) is 0 Å². The van der Waals surface area contributed by atoms with E-state index in [9.17, 15) is 8.78 Å². The van der Waals surface area contributed by atoms with E-state index in [1.165, 1.54) is 12.1 Å². The molecule has 1 aromatic carbocycles. The van der Waals surface area contributed by atoms with E-state index in [4.69, 9.17) is 4.74 Å². The van der Waals surface area contributed by atoms with Gasteiger partial charge in [-0.05, 0) is 41.1 Å². The second-order valence-corrected chi connectivity index (χ2v) is 5.94. The standard InChI is InChI=1S/C16H13BrF2N4O/c1-10-14(9-24-15-7-4-12(17)8-20-15)23(22-21-10)13-5-2-11(3-6-13)16(18)19/h2-8,16H,9H2,1H3. The summed E-state index contributed by atoms with van der Waals surface area (Å²) in [7, 11) is 0. The molecule has 124 valence electrons. The first-order valence-corrected chi connectivity index (χ1v) is 7.88. The van der Waals surface area contributed by atoms with Crippen LogP contribution in [0.2, 0.25) is 0 Å². The molecule has 0 bridgehead atoms. The highest BCUT2D eigenvalue weighted by molar-refractivity contribution is 9.10. The number of rotatable bonds is 5. The lowest BCUT2D eigenvalue weighted by Crippen LogP contribution is -2.07. The lowest BCUT2D eigenvalue weighted by atomic mass is 10.2. The fourth-order valence-electron chi connectivity index (χ4n) is 2.10. The second-order valence-electron chi connectivity index (χ2n) is 5.03. The SMILES string of the molecule is Cc1nnn(-c2ccc(C(F)F)cc2)c1COc1ccc(Br)cn1. The van der Waals surface area contributed by atoms with Crippen molar-refractivity contribution in [2.24, 2.45) is 0 Å². The third-order valence-electron chi connectivity index (χ3n) is 3.40. The van der Waals surface area contributed by atoms with Gasteiger partial charge in [0.2, 0.25) is 5.88 Å². The first-order valence-electron chi connectivity index (χ1n) is 7.08. The molecule has 2 aromatic heterocycles. The molecule has 0 aliphatic carbocycles. The largest absolute Gasteiger partial charge is 0.471 e. The highest BCUT2D eigenvalue weighted by Crippen LogP contribution is 2.21. The third kappa shape index (κ3) is 3.59. The Morgan fingerprint density at radius 3 is 2.54 bits per heavy atom. The van der Waals surface area contributed by atoms with Crippen LogP contribution in [-0.4, -0.2) is 20.0 Å². The van der Waals surface area contributed by atoms with Crippen molar-refractivity contribution in [3.63, 3.8) is 0 Å². The number of hydrogen-bond acceptors (Lipinski definition) is 4. The Bertz CT molecular complexity index is 819. The molecule has 0 unspecified atom stereocenters. The van der Waals surface area contributed by atoms with E-state index < -0.39 is 6.43 Å². The van der Waals surface area contributed by atoms with Crippen LogP contribution < -0.4 is 4.74 Å². The smallest absolute Gasteiger partial charge is 0.263 e. The summed E-state index contributed by atoms with van der Waals surface area (Å²) in [6.45, 7) is 2.02. The molecule has 5 nitrogen and oxygen atoms in total. The van der Waals surface area contributed by atoms with Gasteiger partial charge in [0.25, 0.3) is 6.43 Å². The van der Waals surface area contributed by atoms with Crippen LogP contribution >= 0.6 is 15.9 Å². The van der Waals surface area contributed by atoms with E-state index in [-0.39, 0.29) is 12.2 Å². The molecule has 8 heteroatoms. The molecule has 0 saturated heterocycles. The van der Waals surface area contributed by atoms with Crippen LogP contribution in [0.4, 0.5) is 8.78 Å². The molecule has 0 N–H and O–H groups in total. The summed E-state index contributed by atoms with van der Waals surface area (Å²) in [6.07, 6.45) is -0.858. The zero-order valence-corrected chi connectivity index (χ0v) is 14.2. The van der Waals surface area contributed by atoms with Crippen molar-refractivity contribution in [1.82, 2.24) is 20.0 Å². The van der Waals surface area contributed by atoms with Crippen LogP contribution in [-0.2, 0) is 6.61 Å². The van der Waals surface area contributed by atoms with Gasteiger partial charge in [-0.2, -0.15) is 0 Å². The van der Waals surface area contributed by atoms with Crippen LogP contribution in [0.25, 0.3) is 5.69 Å². The Balaban J connectivity index is 1.81. The minimum absolute atomic E-state index is 0.0348. The van der Waals surface area contributed by atoms with Crippen molar-refractivity contribution in [3.8, 4) is 11.6 Å². The number of alkyl halides is 2. The van der Waals surface area contributed by atoms with Crippen molar-refractivity contribution in [1.29, 1.82) is 0 Å². The molecule has 2 heterocycles. The number of nitrogens with zero attached hydrogens (tertiary/aromatic N) is 4. The predicted octanol–water partition coefficient (Wildman–Crippen LogP) is 4.25. The van der Waals surface area contributed by atoms with Gasteiger partial charge >= 0.3 is 0 Å². The van der Waals surface area contributed by atoms with E-state index in [1.54, 1.807) is 29.1 Å². The number of pyridine rings is 1. The maximum absolute atomic E-state index is 12.7. The van der Waals surface area contributed by atoms with Crippen molar-refractivity contribution >= 4 is 15.9 Å². The molecule has 0 atom stereocenters. The Morgan fingerprint density at radius 1 is 1.17 bits per heavy atom. The lowest BCUT2D eigenvalue weighted by molar-refractivity contribution is 0.151. The molecule has 3 aromatic rings. The van der Waals surface area contributed by atoms with E-state index in [1.807, 2.05) is 13.0 Å². The minimum Gasteiger partial charge on any atom is -0.471 e. The minimum atomic E-state index is -2.50. The fraction of sp³-hybridized carbons (Fsp3) is 0.188. The summed E-state index contributed by atoms with van der Waals surface area (Å²) in [6, 6.07) is 9.47. The Hall–Kier alpha value is -2.35. The van der Waals surface area contributed by atoms with Crippen LogP contribution in [0.5, 0.6) is 5.88 Å². The number of hydrogen-bond donors (Lipinski definition) is 0. The van der Waals surface area contributed by atoms with Crippen LogP contribution in [0.3, 0.4) is 0 Å². The van der Waals surface area contributed by atoms with Crippen molar-refractivity contribution in [2.45, 2.75) is 20.0 Å². The molecule has 24 heavy (non-hydrogen) atoms. The van der Waals surface area contributed by atoms with Gasteiger partial charge in [-0.15, -0.1) is 5.10 Å². The molecule has 0 aliphatic heterocycles. The first kappa shape index (κ1) is 16.5. The second kappa shape index (κ2) is 7.04. The van der Waals surface area contributed by atoms with Gasteiger partial charge < -0.3 is 4.74 Å². The van der Waals surface area contributed by atoms with E-state index >= 15 is 0 Å². The van der Waals surface area contributed by atoms with E-state index in [0.717, 1.165) is 10.2 Å². The molecular formula is C16H13BrF2N4O. The van der Waals surface area contributed by atoms with Crippen molar-refractivity contribution < 1.29 is 13.5 Å². The maximum Gasteiger partial charge on any atom is 0.263 e. The van der Waals surface area contributed by atoms with Crippen molar-refractivity contribution in [3.05, 3.63) is 64.0 Å². The average Bonchev–Trinajstić information content (AvgIpc) is 2.95. The Morgan fingerprint density at radius 2 is 1.92 bits per heavy atom. The van der Waals surface area contributed by atoms with E-state index in [0.29, 0.717) is 17.3 Å². The van der Waals surface area contributed by atoms with Gasteiger partial charge in [0.15, 0.2) is 0 Å². The van der Waals surface area contributed by atoms with Gasteiger partial charge in [0, 0.05) is 22.3 Å². The predicted molar refractivity (Wildman–Crippen MR) is 87.3 cm³/mol. The zero-order chi connectivity index (χ0) is 17.1. The normalized spacial score (nSPS) is 11.0. The summed E-state index contributed by atoms with van der Waals surface area (Å²) >= 11 is 3.31. The third-order valence-corrected chi connectivity index (χ3v) is 3.87. The summed E-state index contributed by atoms with van der Waals surface area (Å²) in [5.41, 5.74) is 2.03. The highest BCUT2D eigenvalue weighted by Gasteiger charge is 2.13. The maximum atomic E-state index is 12.7. The summed E-state index contributed by atoms with van der Waals surface area (Å²) in [4.78, 5) is 4.14. The van der Waals surface area contributed by atoms with Gasteiger partial charge in [0.05, 0.1) is 11.4 Å². The van der Waals surface area contributed by atoms with E-state index in [2.05, 4.69) is 31.2 Å². The van der Waals surface area contributed by atoms with Crippen LogP contribution in [0, 0.1) is 6.92 Å². The van der Waals surface area contributed by atoms with Gasteiger partial charge in [-0.25, -0.2) is 18.4 Å². The molecule has 0 amide bonds. The lowest BCUT2D eigenvalue weighted by Gasteiger charge is -2.09. The summed E-state index contributed by atoms with van der Waals surface area (Å²) in [5.74, 6) is 0.471. The molecule has 0 aliphatic rings. The number of halogens is 3. The number of aromatic nitrogens is 4. The van der Waals surface area contributed by atoms with Gasteiger partial charge in [0.1, 0.15) is 12.3 Å². The molecular weight excluding hydrogens is 382 g/mol. The molecule has 0 saturated carbocycles. The topological polar surface area (TPSA) is 52.8 Å². The number of ether oxygens (including phenoxy) is 1. The molecule has 3 rings (SSSR count). The monoisotopic (exact) mass is 394 g/mol. The quantitative estimate of drug-likeness (QED) is 0.648. The number of benzene rings is 1. The number of aryl methyl sites for hydroxylation is 1. The average molecular weight is 395 g/mol. The summed E-state index contributed by atoms with van der Waals surface area (Å²) in [5, 5.41) is 8.09.